The molecule has 1 saturated heterocycles. The first-order valence-corrected chi connectivity index (χ1v) is 6.55. The third kappa shape index (κ3) is 3.57. The number of carbonyl (C=O) groups excluding carboxylic acids is 1. The number of rotatable bonds is 1. The van der Waals surface area contributed by atoms with Crippen molar-refractivity contribution in [2.45, 2.75) is 0 Å². The SMILES string of the molecule is COC(=O)NC(=S)N1CCN(c2ccccc2)CC1. The minimum absolute atomic E-state index is 0.430. The molecule has 0 spiro atoms. The summed E-state index contributed by atoms with van der Waals surface area (Å²) in [5.74, 6) is 0. The number of thiocarbonyl (C=S) groups is 1. The van der Waals surface area contributed by atoms with Crippen molar-refractivity contribution in [2.24, 2.45) is 0 Å². The van der Waals surface area contributed by atoms with Crippen molar-refractivity contribution in [2.75, 3.05) is 38.2 Å². The Balaban J connectivity index is 1.86. The maximum Gasteiger partial charge on any atom is 0.413 e. The van der Waals surface area contributed by atoms with E-state index >= 15 is 0 Å². The van der Waals surface area contributed by atoms with Gasteiger partial charge in [-0.3, -0.25) is 5.32 Å². The number of amides is 1. The Kier molecular flexibility index (Phi) is 4.57. The molecule has 19 heavy (non-hydrogen) atoms. The maximum absolute atomic E-state index is 11.1. The summed E-state index contributed by atoms with van der Waals surface area (Å²) in [4.78, 5) is 15.4. The fourth-order valence-corrected chi connectivity index (χ4v) is 2.29. The number of nitrogens with one attached hydrogen (secondary N) is 1. The van der Waals surface area contributed by atoms with E-state index < -0.39 is 6.09 Å². The van der Waals surface area contributed by atoms with Gasteiger partial charge in [0, 0.05) is 31.9 Å². The monoisotopic (exact) mass is 279 g/mol. The maximum atomic E-state index is 11.1. The number of alkyl carbamates (subject to hydrolysis) is 1. The topological polar surface area (TPSA) is 44.8 Å². The third-order valence-corrected chi connectivity index (χ3v) is 3.44. The lowest BCUT2D eigenvalue weighted by Crippen LogP contribution is -2.52. The van der Waals surface area contributed by atoms with Crippen molar-refractivity contribution in [3.05, 3.63) is 30.3 Å². The van der Waals surface area contributed by atoms with E-state index in [1.807, 2.05) is 23.1 Å². The van der Waals surface area contributed by atoms with Gasteiger partial charge in [-0.2, -0.15) is 0 Å². The zero-order valence-corrected chi connectivity index (χ0v) is 11.7. The van der Waals surface area contributed by atoms with Gasteiger partial charge in [0.25, 0.3) is 0 Å². The summed E-state index contributed by atoms with van der Waals surface area (Å²) in [6, 6.07) is 10.3. The van der Waals surface area contributed by atoms with Crippen LogP contribution in [-0.2, 0) is 4.74 Å². The van der Waals surface area contributed by atoms with Crippen molar-refractivity contribution >= 4 is 29.1 Å². The summed E-state index contributed by atoms with van der Waals surface area (Å²) in [6.45, 7) is 3.34. The summed E-state index contributed by atoms with van der Waals surface area (Å²) in [5, 5.41) is 2.96. The molecule has 2 rings (SSSR count). The molecule has 6 heteroatoms. The van der Waals surface area contributed by atoms with Gasteiger partial charge in [-0.1, -0.05) is 18.2 Å². The highest BCUT2D eigenvalue weighted by molar-refractivity contribution is 7.80. The van der Waals surface area contributed by atoms with E-state index in [2.05, 4.69) is 27.1 Å². The standard InChI is InChI=1S/C13H17N3O2S/c1-18-13(17)14-12(19)16-9-7-15(8-10-16)11-5-3-2-4-6-11/h2-6H,7-10H2,1H3,(H,14,17,19). The minimum Gasteiger partial charge on any atom is -0.453 e. The molecule has 1 aromatic carbocycles. The molecule has 1 heterocycles. The van der Waals surface area contributed by atoms with Crippen molar-refractivity contribution in [3.63, 3.8) is 0 Å². The quantitative estimate of drug-likeness (QED) is 0.788. The third-order valence-electron chi connectivity index (χ3n) is 3.08. The molecule has 0 radical (unpaired) electrons. The number of anilines is 1. The van der Waals surface area contributed by atoms with Crippen LogP contribution in [0.25, 0.3) is 0 Å². The summed E-state index contributed by atoms with van der Waals surface area (Å²) in [6.07, 6.45) is -0.518. The zero-order valence-electron chi connectivity index (χ0n) is 10.8. The number of ether oxygens (including phenoxy) is 1. The molecule has 1 aliphatic rings. The van der Waals surface area contributed by atoms with Gasteiger partial charge < -0.3 is 14.5 Å². The highest BCUT2D eigenvalue weighted by Gasteiger charge is 2.20. The van der Waals surface area contributed by atoms with E-state index in [-0.39, 0.29) is 0 Å². The number of piperazine rings is 1. The Bertz CT molecular complexity index is 444. The van der Waals surface area contributed by atoms with Crippen LogP contribution in [0.3, 0.4) is 0 Å². The Morgan fingerprint density at radius 1 is 1.21 bits per heavy atom. The van der Waals surface area contributed by atoms with E-state index in [1.165, 1.54) is 12.8 Å². The van der Waals surface area contributed by atoms with Gasteiger partial charge >= 0.3 is 6.09 Å². The normalized spacial score (nSPS) is 15.0. The van der Waals surface area contributed by atoms with Crippen molar-refractivity contribution in [1.29, 1.82) is 0 Å². The molecule has 1 aliphatic heterocycles. The van der Waals surface area contributed by atoms with Crippen LogP contribution in [0.2, 0.25) is 0 Å². The lowest BCUT2D eigenvalue weighted by atomic mass is 10.2. The Morgan fingerprint density at radius 3 is 2.42 bits per heavy atom. The van der Waals surface area contributed by atoms with Crippen LogP contribution in [0.1, 0.15) is 0 Å². The van der Waals surface area contributed by atoms with E-state index in [0.29, 0.717) is 5.11 Å². The molecule has 1 aromatic rings. The van der Waals surface area contributed by atoms with Crippen LogP contribution in [0.5, 0.6) is 0 Å². The molecule has 1 amide bonds. The van der Waals surface area contributed by atoms with Crippen molar-refractivity contribution in [1.82, 2.24) is 10.2 Å². The van der Waals surface area contributed by atoms with Crippen LogP contribution >= 0.6 is 12.2 Å². The number of methoxy groups -OCH3 is 1. The van der Waals surface area contributed by atoms with Gasteiger partial charge in [-0.25, -0.2) is 4.79 Å². The summed E-state index contributed by atoms with van der Waals surface area (Å²) in [7, 11) is 1.32. The first-order valence-electron chi connectivity index (χ1n) is 6.14. The number of para-hydroxylation sites is 1. The van der Waals surface area contributed by atoms with Crippen LogP contribution in [0, 0.1) is 0 Å². The van der Waals surface area contributed by atoms with Gasteiger partial charge in [0.15, 0.2) is 5.11 Å². The average Bonchev–Trinajstić information content (AvgIpc) is 2.48. The Hall–Kier alpha value is -1.82. The summed E-state index contributed by atoms with van der Waals surface area (Å²) < 4.78 is 4.53. The molecule has 0 atom stereocenters. The summed E-state index contributed by atoms with van der Waals surface area (Å²) in [5.41, 5.74) is 1.22. The number of benzene rings is 1. The van der Waals surface area contributed by atoms with Gasteiger partial charge in [-0.15, -0.1) is 0 Å². The second-order valence-corrected chi connectivity index (χ2v) is 4.62. The fraction of sp³-hybridized carbons (Fsp3) is 0.385. The number of carbonyl (C=O) groups is 1. The van der Waals surface area contributed by atoms with Gasteiger partial charge in [0.1, 0.15) is 0 Å². The lowest BCUT2D eigenvalue weighted by molar-refractivity contribution is 0.175. The highest BCUT2D eigenvalue weighted by atomic mass is 32.1. The van der Waals surface area contributed by atoms with E-state index in [4.69, 9.17) is 12.2 Å². The second kappa shape index (κ2) is 6.38. The van der Waals surface area contributed by atoms with E-state index in [0.717, 1.165) is 26.2 Å². The predicted molar refractivity (Wildman–Crippen MR) is 78.4 cm³/mol. The number of hydrogen-bond donors (Lipinski definition) is 1. The lowest BCUT2D eigenvalue weighted by Gasteiger charge is -2.37. The molecule has 102 valence electrons. The van der Waals surface area contributed by atoms with Gasteiger partial charge in [0.2, 0.25) is 0 Å². The Morgan fingerprint density at radius 2 is 1.84 bits per heavy atom. The first kappa shape index (κ1) is 13.6. The largest absolute Gasteiger partial charge is 0.453 e. The molecule has 0 unspecified atom stereocenters. The first-order chi connectivity index (χ1) is 9.20. The molecule has 0 saturated carbocycles. The molecule has 1 N–H and O–H groups in total. The van der Waals surface area contributed by atoms with Crippen LogP contribution in [0.15, 0.2) is 30.3 Å². The van der Waals surface area contributed by atoms with E-state index in [9.17, 15) is 4.79 Å². The summed E-state index contributed by atoms with van der Waals surface area (Å²) >= 11 is 5.17. The second-order valence-electron chi connectivity index (χ2n) is 4.23. The van der Waals surface area contributed by atoms with E-state index in [1.54, 1.807) is 0 Å². The minimum atomic E-state index is -0.518. The molecule has 0 bridgehead atoms. The number of hydrogen-bond acceptors (Lipinski definition) is 4. The number of nitrogens with zero attached hydrogens (tertiary/aromatic N) is 2. The van der Waals surface area contributed by atoms with Gasteiger partial charge in [0.05, 0.1) is 7.11 Å². The molecule has 5 nitrogen and oxygen atoms in total. The molecular weight excluding hydrogens is 262 g/mol. The average molecular weight is 279 g/mol. The molecule has 0 aliphatic carbocycles. The predicted octanol–water partition coefficient (Wildman–Crippen LogP) is 1.45. The van der Waals surface area contributed by atoms with Crippen molar-refractivity contribution in [3.8, 4) is 0 Å². The molecule has 1 fully saturated rings. The Labute approximate surface area is 118 Å². The van der Waals surface area contributed by atoms with Crippen LogP contribution in [0.4, 0.5) is 10.5 Å². The zero-order chi connectivity index (χ0) is 13.7. The highest BCUT2D eigenvalue weighted by Crippen LogP contribution is 2.15. The van der Waals surface area contributed by atoms with Crippen LogP contribution in [-0.4, -0.2) is 49.4 Å². The van der Waals surface area contributed by atoms with Gasteiger partial charge in [-0.05, 0) is 24.4 Å². The van der Waals surface area contributed by atoms with Crippen LogP contribution < -0.4 is 10.2 Å². The molecular formula is C13H17N3O2S. The fourth-order valence-electron chi connectivity index (χ4n) is 2.02. The smallest absolute Gasteiger partial charge is 0.413 e. The van der Waals surface area contributed by atoms with Crippen molar-refractivity contribution < 1.29 is 9.53 Å². The molecule has 0 aromatic heterocycles.